The summed E-state index contributed by atoms with van der Waals surface area (Å²) in [7, 11) is 0. The van der Waals surface area contributed by atoms with Crippen molar-refractivity contribution in [2.24, 2.45) is 0 Å². The summed E-state index contributed by atoms with van der Waals surface area (Å²) in [5.74, 6) is -0.800. The van der Waals surface area contributed by atoms with Gasteiger partial charge in [-0.3, -0.25) is 4.79 Å². The summed E-state index contributed by atoms with van der Waals surface area (Å²) in [6, 6.07) is 14.8. The SMILES string of the molecule is Cc1nc2ccc(C(=O)OCC(=O)N(Cc3ccccc3)C(C)(C)C)cc2nc1C. The van der Waals surface area contributed by atoms with Crippen molar-refractivity contribution < 1.29 is 14.3 Å². The molecule has 1 aromatic heterocycles. The molecule has 0 saturated carbocycles. The summed E-state index contributed by atoms with van der Waals surface area (Å²) < 4.78 is 5.33. The minimum Gasteiger partial charge on any atom is -0.452 e. The molecule has 0 N–H and O–H groups in total. The molecule has 3 aromatic rings. The van der Waals surface area contributed by atoms with Crippen molar-refractivity contribution in [2.45, 2.75) is 46.7 Å². The van der Waals surface area contributed by atoms with E-state index in [2.05, 4.69) is 9.97 Å². The highest BCUT2D eigenvalue weighted by Crippen LogP contribution is 2.19. The summed E-state index contributed by atoms with van der Waals surface area (Å²) in [6.07, 6.45) is 0. The summed E-state index contributed by atoms with van der Waals surface area (Å²) in [5, 5.41) is 0. The Morgan fingerprint density at radius 2 is 1.57 bits per heavy atom. The van der Waals surface area contributed by atoms with Gasteiger partial charge in [-0.15, -0.1) is 0 Å². The van der Waals surface area contributed by atoms with E-state index in [-0.39, 0.29) is 12.5 Å². The summed E-state index contributed by atoms with van der Waals surface area (Å²) in [5.41, 5.74) is 3.96. The van der Waals surface area contributed by atoms with E-state index in [0.717, 1.165) is 17.0 Å². The van der Waals surface area contributed by atoms with Crippen molar-refractivity contribution in [3.8, 4) is 0 Å². The molecular formula is C24H27N3O3. The second-order valence-electron chi connectivity index (χ2n) is 8.31. The van der Waals surface area contributed by atoms with E-state index in [4.69, 9.17) is 4.74 Å². The average molecular weight is 405 g/mol. The number of rotatable bonds is 5. The molecule has 0 spiro atoms. The normalized spacial score (nSPS) is 11.4. The number of ether oxygens (including phenoxy) is 1. The van der Waals surface area contributed by atoms with Crippen LogP contribution in [0.25, 0.3) is 11.0 Å². The van der Waals surface area contributed by atoms with Crippen molar-refractivity contribution in [1.82, 2.24) is 14.9 Å². The zero-order valence-electron chi connectivity index (χ0n) is 18.1. The zero-order valence-corrected chi connectivity index (χ0v) is 18.1. The van der Waals surface area contributed by atoms with Crippen molar-refractivity contribution in [3.63, 3.8) is 0 Å². The van der Waals surface area contributed by atoms with Gasteiger partial charge in [-0.25, -0.2) is 14.8 Å². The Morgan fingerprint density at radius 1 is 0.933 bits per heavy atom. The molecule has 156 valence electrons. The molecule has 0 saturated heterocycles. The van der Waals surface area contributed by atoms with E-state index in [1.165, 1.54) is 0 Å². The number of amides is 1. The van der Waals surface area contributed by atoms with Gasteiger partial charge < -0.3 is 9.64 Å². The zero-order chi connectivity index (χ0) is 21.9. The van der Waals surface area contributed by atoms with Crippen molar-refractivity contribution in [2.75, 3.05) is 6.61 Å². The molecule has 6 heteroatoms. The first kappa shape index (κ1) is 21.4. The molecule has 0 aliphatic heterocycles. The molecule has 0 bridgehead atoms. The van der Waals surface area contributed by atoms with Crippen LogP contribution in [0, 0.1) is 13.8 Å². The number of hydrogen-bond acceptors (Lipinski definition) is 5. The van der Waals surface area contributed by atoms with E-state index in [0.29, 0.717) is 23.1 Å². The van der Waals surface area contributed by atoms with Crippen molar-refractivity contribution >= 4 is 22.9 Å². The van der Waals surface area contributed by atoms with Crippen LogP contribution in [-0.2, 0) is 16.1 Å². The number of aromatic nitrogens is 2. The predicted octanol–water partition coefficient (Wildman–Crippen LogP) is 4.23. The van der Waals surface area contributed by atoms with Crippen LogP contribution < -0.4 is 0 Å². The van der Waals surface area contributed by atoms with Gasteiger partial charge >= 0.3 is 5.97 Å². The Labute approximate surface area is 176 Å². The molecule has 0 atom stereocenters. The number of nitrogens with zero attached hydrogens (tertiary/aromatic N) is 3. The highest BCUT2D eigenvalue weighted by molar-refractivity contribution is 5.94. The van der Waals surface area contributed by atoms with Gasteiger partial charge in [-0.05, 0) is 58.4 Å². The maximum absolute atomic E-state index is 12.9. The summed E-state index contributed by atoms with van der Waals surface area (Å²) >= 11 is 0. The first-order valence-electron chi connectivity index (χ1n) is 9.91. The maximum atomic E-state index is 12.9. The second kappa shape index (κ2) is 8.61. The lowest BCUT2D eigenvalue weighted by atomic mass is 10.0. The van der Waals surface area contributed by atoms with Crippen LogP contribution in [0.1, 0.15) is 48.1 Å². The van der Waals surface area contributed by atoms with Crippen LogP contribution in [0.15, 0.2) is 48.5 Å². The number of benzene rings is 2. The largest absolute Gasteiger partial charge is 0.452 e. The average Bonchev–Trinajstić information content (AvgIpc) is 2.70. The Hall–Kier alpha value is -3.28. The molecular weight excluding hydrogens is 378 g/mol. The van der Waals surface area contributed by atoms with Gasteiger partial charge in [0.05, 0.1) is 28.0 Å². The fraction of sp³-hybridized carbons (Fsp3) is 0.333. The lowest BCUT2D eigenvalue weighted by Crippen LogP contribution is -2.46. The summed E-state index contributed by atoms with van der Waals surface area (Å²) in [6.45, 7) is 9.78. The van der Waals surface area contributed by atoms with Crippen LogP contribution in [0.4, 0.5) is 0 Å². The standard InChI is InChI=1S/C24H27N3O3/c1-16-17(2)26-21-13-19(11-12-20(21)25-16)23(29)30-15-22(28)27(24(3,4)5)14-18-9-7-6-8-10-18/h6-13H,14-15H2,1-5H3. The van der Waals surface area contributed by atoms with Crippen LogP contribution in [0.2, 0.25) is 0 Å². The van der Waals surface area contributed by atoms with Gasteiger partial charge in [0, 0.05) is 12.1 Å². The molecule has 30 heavy (non-hydrogen) atoms. The monoisotopic (exact) mass is 405 g/mol. The molecule has 2 aromatic carbocycles. The molecule has 3 rings (SSSR count). The molecule has 0 aliphatic rings. The highest BCUT2D eigenvalue weighted by Gasteiger charge is 2.27. The number of esters is 1. The number of hydrogen-bond donors (Lipinski definition) is 0. The van der Waals surface area contributed by atoms with Crippen molar-refractivity contribution in [1.29, 1.82) is 0 Å². The molecule has 6 nitrogen and oxygen atoms in total. The third-order valence-corrected chi connectivity index (χ3v) is 4.93. The van der Waals surface area contributed by atoms with Gasteiger partial charge in [-0.2, -0.15) is 0 Å². The Balaban J connectivity index is 1.71. The third-order valence-electron chi connectivity index (χ3n) is 4.93. The smallest absolute Gasteiger partial charge is 0.338 e. The molecule has 0 radical (unpaired) electrons. The second-order valence-corrected chi connectivity index (χ2v) is 8.31. The quantitative estimate of drug-likeness (QED) is 0.594. The van der Waals surface area contributed by atoms with Crippen LogP contribution in [0.5, 0.6) is 0 Å². The van der Waals surface area contributed by atoms with E-state index >= 15 is 0 Å². The molecule has 1 amide bonds. The van der Waals surface area contributed by atoms with Crippen molar-refractivity contribution in [3.05, 3.63) is 71.0 Å². The Morgan fingerprint density at radius 3 is 2.20 bits per heavy atom. The van der Waals surface area contributed by atoms with Crippen LogP contribution in [-0.4, -0.2) is 38.9 Å². The molecule has 0 aliphatic carbocycles. The fourth-order valence-corrected chi connectivity index (χ4v) is 3.11. The lowest BCUT2D eigenvalue weighted by Gasteiger charge is -2.35. The van der Waals surface area contributed by atoms with Gasteiger partial charge in [-0.1, -0.05) is 30.3 Å². The van der Waals surface area contributed by atoms with E-state index < -0.39 is 11.5 Å². The first-order valence-corrected chi connectivity index (χ1v) is 9.91. The minimum absolute atomic E-state index is 0.244. The maximum Gasteiger partial charge on any atom is 0.338 e. The number of carbonyl (C=O) groups excluding carboxylic acids is 2. The Bertz CT molecular complexity index is 1070. The molecule has 0 unspecified atom stereocenters. The van der Waals surface area contributed by atoms with Gasteiger partial charge in [0.25, 0.3) is 5.91 Å². The topological polar surface area (TPSA) is 72.4 Å². The molecule has 1 heterocycles. The number of aryl methyl sites for hydroxylation is 2. The lowest BCUT2D eigenvalue weighted by molar-refractivity contribution is -0.140. The Kier molecular flexibility index (Phi) is 6.15. The van der Waals surface area contributed by atoms with Gasteiger partial charge in [0.1, 0.15) is 0 Å². The number of fused-ring (bicyclic) bond motifs is 1. The van der Waals surface area contributed by atoms with E-state index in [1.54, 1.807) is 23.1 Å². The van der Waals surface area contributed by atoms with Gasteiger partial charge in [0.2, 0.25) is 0 Å². The third kappa shape index (κ3) is 5.00. The van der Waals surface area contributed by atoms with E-state index in [9.17, 15) is 9.59 Å². The minimum atomic E-state index is -0.557. The molecule has 0 fully saturated rings. The first-order chi connectivity index (χ1) is 14.1. The van der Waals surface area contributed by atoms with Crippen LogP contribution >= 0.6 is 0 Å². The fourth-order valence-electron chi connectivity index (χ4n) is 3.11. The van der Waals surface area contributed by atoms with E-state index in [1.807, 2.05) is 65.0 Å². The predicted molar refractivity (Wildman–Crippen MR) is 116 cm³/mol. The highest BCUT2D eigenvalue weighted by atomic mass is 16.5. The van der Waals surface area contributed by atoms with Gasteiger partial charge in [0.15, 0.2) is 6.61 Å². The number of carbonyl (C=O) groups is 2. The van der Waals surface area contributed by atoms with Crippen LogP contribution in [0.3, 0.4) is 0 Å². The summed E-state index contributed by atoms with van der Waals surface area (Å²) in [4.78, 5) is 36.0.